The maximum absolute atomic E-state index is 12.6. The molecule has 3 aromatic rings. The molecule has 0 bridgehead atoms. The van der Waals surface area contributed by atoms with Crippen molar-refractivity contribution < 1.29 is 9.90 Å². The largest absolute Gasteiger partial charge is 0.508 e. The number of fused-ring (bicyclic) bond motifs is 1. The third-order valence-corrected chi connectivity index (χ3v) is 5.50. The molecular weight excluding hydrogens is 385 g/mol. The van der Waals surface area contributed by atoms with Crippen molar-refractivity contribution in [1.82, 2.24) is 14.3 Å². The molecule has 2 aromatic heterocycles. The number of hydrogen-bond donors (Lipinski definition) is 1. The number of phenolic OH excluding ortho intramolecular Hbond substituents is 1. The highest BCUT2D eigenvalue weighted by atomic mass is 35.5. The number of piperidine rings is 1. The maximum atomic E-state index is 12.6. The van der Waals surface area contributed by atoms with Crippen LogP contribution in [-0.4, -0.2) is 38.3 Å². The number of ketones is 1. The van der Waals surface area contributed by atoms with Gasteiger partial charge in [0.05, 0.1) is 15.7 Å². The smallest absolute Gasteiger partial charge is 0.166 e. The molecule has 140 valence electrons. The van der Waals surface area contributed by atoms with Crippen LogP contribution in [0.1, 0.15) is 28.9 Å². The number of pyridine rings is 1. The molecule has 1 N–H and O–H groups in total. The van der Waals surface area contributed by atoms with E-state index in [0.29, 0.717) is 21.3 Å². The summed E-state index contributed by atoms with van der Waals surface area (Å²) in [5.41, 5.74) is 2.30. The zero-order valence-corrected chi connectivity index (χ0v) is 16.1. The van der Waals surface area contributed by atoms with Crippen LogP contribution in [0.4, 0.5) is 0 Å². The standard InChI is InChI=1S/C20H19Cl2N3O2/c21-15-9-18(22)20-23-16(12-25(20)10-15)11-24-7-5-14(6-8-24)19(27)13-1-3-17(26)4-2-13/h1-4,9-10,12,14,26H,5-8,11H2. The fourth-order valence-electron chi connectivity index (χ4n) is 3.60. The van der Waals surface area contributed by atoms with E-state index in [2.05, 4.69) is 9.88 Å². The predicted molar refractivity (Wildman–Crippen MR) is 106 cm³/mol. The Morgan fingerprint density at radius 3 is 2.56 bits per heavy atom. The molecule has 0 radical (unpaired) electrons. The molecule has 5 nitrogen and oxygen atoms in total. The number of hydrogen-bond acceptors (Lipinski definition) is 4. The minimum atomic E-state index is 0.0279. The molecule has 1 aliphatic rings. The number of likely N-dealkylation sites (tertiary alicyclic amines) is 1. The first-order valence-corrected chi connectivity index (χ1v) is 9.63. The summed E-state index contributed by atoms with van der Waals surface area (Å²) in [5.74, 6) is 0.360. The summed E-state index contributed by atoms with van der Waals surface area (Å²) < 4.78 is 1.85. The van der Waals surface area contributed by atoms with Crippen molar-refractivity contribution in [1.29, 1.82) is 0 Å². The molecule has 0 amide bonds. The van der Waals surface area contributed by atoms with Gasteiger partial charge in [-0.2, -0.15) is 0 Å². The molecule has 27 heavy (non-hydrogen) atoms. The van der Waals surface area contributed by atoms with E-state index in [1.54, 1.807) is 36.5 Å². The van der Waals surface area contributed by atoms with Crippen molar-refractivity contribution in [3.05, 3.63) is 64.0 Å². The first-order chi connectivity index (χ1) is 13.0. The van der Waals surface area contributed by atoms with Crippen molar-refractivity contribution >= 4 is 34.6 Å². The zero-order valence-electron chi connectivity index (χ0n) is 14.6. The van der Waals surface area contributed by atoms with Gasteiger partial charge in [-0.3, -0.25) is 9.69 Å². The van der Waals surface area contributed by atoms with E-state index in [-0.39, 0.29) is 17.5 Å². The second kappa shape index (κ2) is 7.50. The Morgan fingerprint density at radius 1 is 1.15 bits per heavy atom. The summed E-state index contributed by atoms with van der Waals surface area (Å²) in [5, 5.41) is 10.5. The van der Waals surface area contributed by atoms with Gasteiger partial charge in [-0.05, 0) is 56.3 Å². The lowest BCUT2D eigenvalue weighted by atomic mass is 9.89. The van der Waals surface area contributed by atoms with E-state index in [4.69, 9.17) is 23.2 Å². The van der Waals surface area contributed by atoms with E-state index in [0.717, 1.165) is 38.2 Å². The lowest BCUT2D eigenvalue weighted by Crippen LogP contribution is -2.36. The number of nitrogens with zero attached hydrogens (tertiary/aromatic N) is 3. The Kier molecular flexibility index (Phi) is 5.08. The summed E-state index contributed by atoms with van der Waals surface area (Å²) in [6.07, 6.45) is 5.38. The van der Waals surface area contributed by atoms with Gasteiger partial charge in [0.25, 0.3) is 0 Å². The number of Topliss-reactive ketones (excluding diaryl/α,β-unsaturated/α-hetero) is 1. The van der Waals surface area contributed by atoms with Crippen LogP contribution in [0.5, 0.6) is 5.75 Å². The van der Waals surface area contributed by atoms with Gasteiger partial charge < -0.3 is 9.51 Å². The van der Waals surface area contributed by atoms with Crippen molar-refractivity contribution in [2.75, 3.05) is 13.1 Å². The first kappa shape index (κ1) is 18.3. The summed E-state index contributed by atoms with van der Waals surface area (Å²) >= 11 is 12.2. The number of aromatic nitrogens is 2. The molecule has 1 fully saturated rings. The van der Waals surface area contributed by atoms with E-state index < -0.39 is 0 Å². The van der Waals surface area contributed by atoms with Gasteiger partial charge in [-0.25, -0.2) is 4.98 Å². The second-order valence-corrected chi connectivity index (χ2v) is 7.77. The summed E-state index contributed by atoms with van der Waals surface area (Å²) in [6, 6.07) is 8.19. The second-order valence-electron chi connectivity index (χ2n) is 6.93. The molecule has 0 spiro atoms. The van der Waals surface area contributed by atoms with Crippen molar-refractivity contribution in [3.8, 4) is 5.75 Å². The van der Waals surface area contributed by atoms with Gasteiger partial charge in [-0.1, -0.05) is 23.2 Å². The lowest BCUT2D eigenvalue weighted by Gasteiger charge is -2.30. The first-order valence-electron chi connectivity index (χ1n) is 8.88. The molecule has 1 aliphatic heterocycles. The Balaban J connectivity index is 1.39. The topological polar surface area (TPSA) is 57.8 Å². The van der Waals surface area contributed by atoms with Crippen molar-refractivity contribution in [2.45, 2.75) is 19.4 Å². The highest BCUT2D eigenvalue weighted by molar-refractivity contribution is 6.36. The number of benzene rings is 1. The SMILES string of the molecule is O=C(c1ccc(O)cc1)C1CCN(Cc2cn3cc(Cl)cc(Cl)c3n2)CC1. The van der Waals surface area contributed by atoms with Crippen molar-refractivity contribution in [3.63, 3.8) is 0 Å². The number of carbonyl (C=O) groups is 1. The lowest BCUT2D eigenvalue weighted by molar-refractivity contribution is 0.0834. The fraction of sp³-hybridized carbons (Fsp3) is 0.300. The number of phenols is 1. The van der Waals surface area contributed by atoms with Crippen LogP contribution in [0.2, 0.25) is 10.0 Å². The van der Waals surface area contributed by atoms with Gasteiger partial charge >= 0.3 is 0 Å². The quantitative estimate of drug-likeness (QED) is 0.654. The van der Waals surface area contributed by atoms with Crippen LogP contribution in [0.15, 0.2) is 42.7 Å². The summed E-state index contributed by atoms with van der Waals surface area (Å²) in [4.78, 5) is 19.5. The predicted octanol–water partition coefficient (Wildman–Crippen LogP) is 4.44. The average Bonchev–Trinajstić information content (AvgIpc) is 3.05. The number of aromatic hydroxyl groups is 1. The minimum Gasteiger partial charge on any atom is -0.508 e. The van der Waals surface area contributed by atoms with Crippen LogP contribution in [-0.2, 0) is 6.54 Å². The normalized spacial score (nSPS) is 16.1. The third-order valence-electron chi connectivity index (χ3n) is 5.02. The van der Waals surface area contributed by atoms with E-state index >= 15 is 0 Å². The molecule has 3 heterocycles. The zero-order chi connectivity index (χ0) is 19.0. The minimum absolute atomic E-state index is 0.0279. The monoisotopic (exact) mass is 403 g/mol. The van der Waals surface area contributed by atoms with Gasteiger partial charge in [-0.15, -0.1) is 0 Å². The molecular formula is C20H19Cl2N3O2. The Morgan fingerprint density at radius 2 is 1.85 bits per heavy atom. The molecule has 4 rings (SSSR count). The number of halogens is 2. The molecule has 1 saturated heterocycles. The number of carbonyl (C=O) groups excluding carboxylic acids is 1. The van der Waals surface area contributed by atoms with E-state index in [1.165, 1.54) is 0 Å². The Labute approximate surface area is 167 Å². The highest BCUT2D eigenvalue weighted by Crippen LogP contribution is 2.25. The highest BCUT2D eigenvalue weighted by Gasteiger charge is 2.26. The summed E-state index contributed by atoms with van der Waals surface area (Å²) in [7, 11) is 0. The van der Waals surface area contributed by atoms with Gasteiger partial charge in [0.2, 0.25) is 0 Å². The molecule has 0 aliphatic carbocycles. The molecule has 0 atom stereocenters. The number of imidazole rings is 1. The third kappa shape index (κ3) is 3.95. The summed E-state index contributed by atoms with van der Waals surface area (Å²) in [6.45, 7) is 2.41. The number of rotatable bonds is 4. The maximum Gasteiger partial charge on any atom is 0.166 e. The Bertz CT molecular complexity index is 977. The van der Waals surface area contributed by atoms with E-state index in [9.17, 15) is 9.90 Å². The van der Waals surface area contributed by atoms with E-state index in [1.807, 2.05) is 10.6 Å². The van der Waals surface area contributed by atoms with Crippen molar-refractivity contribution in [2.24, 2.45) is 5.92 Å². The van der Waals surface area contributed by atoms with Crippen LogP contribution < -0.4 is 0 Å². The fourth-order valence-corrected chi connectivity index (χ4v) is 4.12. The molecule has 0 saturated carbocycles. The molecule has 1 aromatic carbocycles. The molecule has 0 unspecified atom stereocenters. The van der Waals surface area contributed by atoms with Gasteiger partial charge in [0.15, 0.2) is 11.4 Å². The van der Waals surface area contributed by atoms with Crippen LogP contribution in [0, 0.1) is 5.92 Å². The van der Waals surface area contributed by atoms with Gasteiger partial charge in [0, 0.05) is 30.4 Å². The average molecular weight is 404 g/mol. The Hall–Kier alpha value is -2.08. The van der Waals surface area contributed by atoms with Crippen LogP contribution >= 0.6 is 23.2 Å². The van der Waals surface area contributed by atoms with Crippen LogP contribution in [0.3, 0.4) is 0 Å². The van der Waals surface area contributed by atoms with Crippen LogP contribution in [0.25, 0.3) is 5.65 Å². The molecule has 7 heteroatoms. The van der Waals surface area contributed by atoms with Gasteiger partial charge in [0.1, 0.15) is 5.75 Å².